The SMILES string of the molecule is Cc1noc(C2CCCN(C(=O)Cc3ccc4c(c3)CCC4)C2)n1. The first-order valence-electron chi connectivity index (χ1n) is 8.88. The zero-order valence-corrected chi connectivity index (χ0v) is 14.1. The summed E-state index contributed by atoms with van der Waals surface area (Å²) in [5, 5.41) is 3.87. The first-order chi connectivity index (χ1) is 11.7. The van der Waals surface area contributed by atoms with E-state index in [4.69, 9.17) is 4.52 Å². The first-order valence-corrected chi connectivity index (χ1v) is 8.88. The molecule has 1 amide bonds. The third-order valence-electron chi connectivity index (χ3n) is 5.18. The predicted octanol–water partition coefficient (Wildman–Crippen LogP) is 2.82. The van der Waals surface area contributed by atoms with Gasteiger partial charge in [-0.05, 0) is 55.7 Å². The van der Waals surface area contributed by atoms with Crippen LogP contribution in [0.5, 0.6) is 0 Å². The minimum Gasteiger partial charge on any atom is -0.342 e. The topological polar surface area (TPSA) is 59.2 Å². The van der Waals surface area contributed by atoms with Crippen molar-refractivity contribution in [2.75, 3.05) is 13.1 Å². The third kappa shape index (κ3) is 3.07. The second-order valence-corrected chi connectivity index (χ2v) is 6.99. The van der Waals surface area contributed by atoms with Gasteiger partial charge in [0.15, 0.2) is 5.82 Å². The molecule has 1 unspecified atom stereocenters. The number of hydrogen-bond acceptors (Lipinski definition) is 4. The quantitative estimate of drug-likeness (QED) is 0.871. The molecule has 1 aliphatic heterocycles. The van der Waals surface area contributed by atoms with E-state index in [0.717, 1.165) is 31.4 Å². The number of fused-ring (bicyclic) bond motifs is 1. The summed E-state index contributed by atoms with van der Waals surface area (Å²) in [5.74, 6) is 1.70. The summed E-state index contributed by atoms with van der Waals surface area (Å²) in [6, 6.07) is 6.54. The van der Waals surface area contributed by atoms with Gasteiger partial charge in [-0.2, -0.15) is 4.98 Å². The summed E-state index contributed by atoms with van der Waals surface area (Å²) < 4.78 is 5.30. The Morgan fingerprint density at radius 3 is 3.00 bits per heavy atom. The van der Waals surface area contributed by atoms with Gasteiger partial charge in [0.25, 0.3) is 0 Å². The smallest absolute Gasteiger partial charge is 0.231 e. The number of rotatable bonds is 3. The van der Waals surface area contributed by atoms with Gasteiger partial charge in [0.2, 0.25) is 11.8 Å². The van der Waals surface area contributed by atoms with Crippen molar-refractivity contribution >= 4 is 5.91 Å². The molecule has 2 heterocycles. The molecule has 5 heteroatoms. The van der Waals surface area contributed by atoms with Crippen LogP contribution < -0.4 is 0 Å². The van der Waals surface area contributed by atoms with Crippen LogP contribution in [-0.4, -0.2) is 34.0 Å². The number of piperidine rings is 1. The van der Waals surface area contributed by atoms with E-state index >= 15 is 0 Å². The number of nitrogens with zero attached hydrogens (tertiary/aromatic N) is 3. The van der Waals surface area contributed by atoms with Crippen LogP contribution in [0.15, 0.2) is 22.7 Å². The molecule has 2 aliphatic rings. The highest BCUT2D eigenvalue weighted by Gasteiger charge is 2.28. The Balaban J connectivity index is 1.42. The molecule has 1 fully saturated rings. The highest BCUT2D eigenvalue weighted by Crippen LogP contribution is 2.27. The van der Waals surface area contributed by atoms with Crippen molar-refractivity contribution in [3.8, 4) is 0 Å². The Morgan fingerprint density at radius 2 is 2.17 bits per heavy atom. The summed E-state index contributed by atoms with van der Waals surface area (Å²) in [5.41, 5.74) is 4.02. The second-order valence-electron chi connectivity index (χ2n) is 6.99. The monoisotopic (exact) mass is 325 g/mol. The Kier molecular flexibility index (Phi) is 4.08. The van der Waals surface area contributed by atoms with Crippen molar-refractivity contribution in [3.05, 3.63) is 46.6 Å². The molecule has 1 aromatic carbocycles. The van der Waals surface area contributed by atoms with E-state index in [0.29, 0.717) is 24.7 Å². The van der Waals surface area contributed by atoms with E-state index < -0.39 is 0 Å². The van der Waals surface area contributed by atoms with Crippen molar-refractivity contribution in [2.45, 2.75) is 51.4 Å². The number of carbonyl (C=O) groups is 1. The van der Waals surface area contributed by atoms with Crippen LogP contribution in [0.1, 0.15) is 53.6 Å². The molecule has 2 aromatic rings. The van der Waals surface area contributed by atoms with Crippen LogP contribution in [-0.2, 0) is 24.1 Å². The largest absolute Gasteiger partial charge is 0.342 e. The third-order valence-corrected chi connectivity index (χ3v) is 5.18. The van der Waals surface area contributed by atoms with Gasteiger partial charge in [-0.15, -0.1) is 0 Å². The van der Waals surface area contributed by atoms with Crippen molar-refractivity contribution in [3.63, 3.8) is 0 Å². The van der Waals surface area contributed by atoms with Crippen molar-refractivity contribution < 1.29 is 9.32 Å². The fourth-order valence-corrected chi connectivity index (χ4v) is 3.91. The fraction of sp³-hybridized carbons (Fsp3) is 0.526. The Hall–Kier alpha value is -2.17. The maximum atomic E-state index is 12.7. The van der Waals surface area contributed by atoms with Crippen LogP contribution in [0.25, 0.3) is 0 Å². The molecule has 126 valence electrons. The van der Waals surface area contributed by atoms with Crippen LogP contribution in [0.2, 0.25) is 0 Å². The molecular weight excluding hydrogens is 302 g/mol. The molecule has 0 bridgehead atoms. The average molecular weight is 325 g/mol. The van der Waals surface area contributed by atoms with Crippen LogP contribution in [0, 0.1) is 6.92 Å². The van der Waals surface area contributed by atoms with Crippen LogP contribution >= 0.6 is 0 Å². The standard InChI is InChI=1S/C19H23N3O2/c1-13-20-19(24-21-13)17-6-3-9-22(12-17)18(23)11-14-7-8-15-4-2-5-16(15)10-14/h7-8,10,17H,2-6,9,11-12H2,1H3. The first kappa shape index (κ1) is 15.4. The minimum atomic E-state index is 0.170. The second kappa shape index (κ2) is 6.38. The molecule has 24 heavy (non-hydrogen) atoms. The predicted molar refractivity (Wildman–Crippen MR) is 89.8 cm³/mol. The van der Waals surface area contributed by atoms with Crippen molar-refractivity contribution in [1.29, 1.82) is 0 Å². The van der Waals surface area contributed by atoms with Gasteiger partial charge in [0.1, 0.15) is 0 Å². The zero-order valence-electron chi connectivity index (χ0n) is 14.1. The lowest BCUT2D eigenvalue weighted by molar-refractivity contribution is -0.131. The lowest BCUT2D eigenvalue weighted by Crippen LogP contribution is -2.40. The van der Waals surface area contributed by atoms with Gasteiger partial charge in [-0.3, -0.25) is 4.79 Å². The highest BCUT2D eigenvalue weighted by molar-refractivity contribution is 5.79. The summed E-state index contributed by atoms with van der Waals surface area (Å²) in [6.07, 6.45) is 6.06. The number of benzene rings is 1. The molecule has 1 atom stereocenters. The number of aromatic nitrogens is 2. The van der Waals surface area contributed by atoms with Gasteiger partial charge >= 0.3 is 0 Å². The number of hydrogen-bond donors (Lipinski definition) is 0. The molecule has 1 aliphatic carbocycles. The van der Waals surface area contributed by atoms with E-state index in [-0.39, 0.29) is 11.8 Å². The molecule has 5 nitrogen and oxygen atoms in total. The van der Waals surface area contributed by atoms with Crippen molar-refractivity contribution in [2.24, 2.45) is 0 Å². The number of likely N-dealkylation sites (tertiary alicyclic amines) is 1. The van der Waals surface area contributed by atoms with Gasteiger partial charge in [-0.1, -0.05) is 23.4 Å². The van der Waals surface area contributed by atoms with E-state index in [2.05, 4.69) is 28.3 Å². The number of aryl methyl sites for hydroxylation is 3. The summed E-state index contributed by atoms with van der Waals surface area (Å²) in [6.45, 7) is 3.34. The Labute approximate surface area is 142 Å². The van der Waals surface area contributed by atoms with Crippen LogP contribution in [0.4, 0.5) is 0 Å². The summed E-state index contributed by atoms with van der Waals surface area (Å²) in [7, 11) is 0. The van der Waals surface area contributed by atoms with E-state index in [1.807, 2.05) is 11.8 Å². The zero-order chi connectivity index (χ0) is 16.5. The van der Waals surface area contributed by atoms with Crippen molar-refractivity contribution in [1.82, 2.24) is 15.0 Å². The lowest BCUT2D eigenvalue weighted by atomic mass is 9.97. The maximum absolute atomic E-state index is 12.7. The minimum absolute atomic E-state index is 0.170. The normalized spacial score (nSPS) is 20.2. The van der Waals surface area contributed by atoms with Gasteiger partial charge in [0, 0.05) is 13.1 Å². The Morgan fingerprint density at radius 1 is 1.29 bits per heavy atom. The summed E-state index contributed by atoms with van der Waals surface area (Å²) >= 11 is 0. The molecule has 0 saturated carbocycles. The molecule has 0 spiro atoms. The molecule has 4 rings (SSSR count). The molecule has 1 saturated heterocycles. The molecule has 0 radical (unpaired) electrons. The average Bonchev–Trinajstić information content (AvgIpc) is 3.23. The van der Waals surface area contributed by atoms with Gasteiger partial charge in [0.05, 0.1) is 12.3 Å². The molecular formula is C19H23N3O2. The van der Waals surface area contributed by atoms with Crippen LogP contribution in [0.3, 0.4) is 0 Å². The summed E-state index contributed by atoms with van der Waals surface area (Å²) in [4.78, 5) is 19.0. The molecule has 0 N–H and O–H groups in total. The Bertz CT molecular complexity index is 753. The fourth-order valence-electron chi connectivity index (χ4n) is 3.91. The van der Waals surface area contributed by atoms with Gasteiger partial charge in [-0.25, -0.2) is 0 Å². The van der Waals surface area contributed by atoms with E-state index in [9.17, 15) is 4.79 Å². The highest BCUT2D eigenvalue weighted by atomic mass is 16.5. The number of carbonyl (C=O) groups excluding carboxylic acids is 1. The molecule has 1 aromatic heterocycles. The maximum Gasteiger partial charge on any atom is 0.231 e. The van der Waals surface area contributed by atoms with E-state index in [1.54, 1.807) is 0 Å². The van der Waals surface area contributed by atoms with Gasteiger partial charge < -0.3 is 9.42 Å². The lowest BCUT2D eigenvalue weighted by Gasteiger charge is -2.31. The van der Waals surface area contributed by atoms with E-state index in [1.165, 1.54) is 24.0 Å². The number of amides is 1.